The number of amides is 2. The van der Waals surface area contributed by atoms with Crippen molar-refractivity contribution in [2.75, 3.05) is 13.2 Å². The van der Waals surface area contributed by atoms with Gasteiger partial charge in [-0.1, -0.05) is 6.08 Å². The molecule has 9 nitrogen and oxygen atoms in total. The summed E-state index contributed by atoms with van der Waals surface area (Å²) in [7, 11) is 0. The Morgan fingerprint density at radius 1 is 1.00 bits per heavy atom. The molecular weight excluding hydrogens is 418 g/mol. The van der Waals surface area contributed by atoms with Crippen LogP contribution in [0.3, 0.4) is 0 Å². The second kappa shape index (κ2) is 10.7. The molecule has 0 N–H and O–H groups in total. The van der Waals surface area contributed by atoms with Gasteiger partial charge in [-0.25, -0.2) is 14.4 Å². The van der Waals surface area contributed by atoms with E-state index in [2.05, 4.69) is 6.58 Å². The third-order valence-electron chi connectivity index (χ3n) is 4.22. The van der Waals surface area contributed by atoms with Crippen LogP contribution in [0.15, 0.2) is 12.7 Å². The fourth-order valence-corrected chi connectivity index (χ4v) is 2.83. The summed E-state index contributed by atoms with van der Waals surface area (Å²) in [5.41, 5.74) is -2.41. The number of cyclic esters (lactones) is 1. The van der Waals surface area contributed by atoms with Crippen LogP contribution in [0.2, 0.25) is 0 Å². The molecule has 3 atom stereocenters. The highest BCUT2D eigenvalue weighted by Crippen LogP contribution is 2.22. The van der Waals surface area contributed by atoms with Gasteiger partial charge in [-0.3, -0.25) is 0 Å². The number of nitrogens with zero attached hydrogens (tertiary/aromatic N) is 1. The van der Waals surface area contributed by atoms with Crippen molar-refractivity contribution in [2.45, 2.75) is 104 Å². The maximum absolute atomic E-state index is 12.9. The largest absolute Gasteiger partial charge is 0.461 e. The van der Waals surface area contributed by atoms with Crippen LogP contribution in [0.5, 0.6) is 0 Å². The second-order valence-electron chi connectivity index (χ2n) is 10.4. The predicted molar refractivity (Wildman–Crippen MR) is 118 cm³/mol. The topological polar surface area (TPSA) is 101 Å². The smallest absolute Gasteiger partial charge is 0.420 e. The fraction of sp³-hybridized carbons (Fsp3) is 0.783. The van der Waals surface area contributed by atoms with E-state index in [0.717, 1.165) is 0 Å². The molecule has 2 unspecified atom stereocenters. The van der Waals surface area contributed by atoms with Gasteiger partial charge in [-0.05, 0) is 62.3 Å². The zero-order valence-corrected chi connectivity index (χ0v) is 20.9. The highest BCUT2D eigenvalue weighted by molar-refractivity contribution is 5.94. The van der Waals surface area contributed by atoms with Crippen molar-refractivity contribution >= 4 is 18.2 Å². The molecule has 1 saturated heterocycles. The van der Waals surface area contributed by atoms with Gasteiger partial charge in [0.2, 0.25) is 0 Å². The fourth-order valence-electron chi connectivity index (χ4n) is 2.83. The number of imide groups is 1. The van der Waals surface area contributed by atoms with Gasteiger partial charge in [-0.15, -0.1) is 6.58 Å². The van der Waals surface area contributed by atoms with Crippen LogP contribution in [-0.2, 0) is 28.5 Å². The van der Waals surface area contributed by atoms with Crippen molar-refractivity contribution in [3.05, 3.63) is 12.7 Å². The van der Waals surface area contributed by atoms with Crippen molar-refractivity contribution in [2.24, 2.45) is 0 Å². The van der Waals surface area contributed by atoms with Gasteiger partial charge < -0.3 is 23.7 Å². The van der Waals surface area contributed by atoms with Crippen molar-refractivity contribution in [1.29, 1.82) is 0 Å². The molecule has 1 aliphatic heterocycles. The maximum Gasteiger partial charge on any atom is 0.420 e. The van der Waals surface area contributed by atoms with Crippen molar-refractivity contribution in [3.8, 4) is 0 Å². The van der Waals surface area contributed by atoms with E-state index in [0.29, 0.717) is 11.3 Å². The van der Waals surface area contributed by atoms with Crippen LogP contribution in [-0.4, -0.2) is 71.3 Å². The molecule has 0 bridgehead atoms. The van der Waals surface area contributed by atoms with Crippen LogP contribution in [0.25, 0.3) is 0 Å². The van der Waals surface area contributed by atoms with E-state index in [4.69, 9.17) is 23.7 Å². The van der Waals surface area contributed by atoms with Crippen molar-refractivity contribution in [3.63, 3.8) is 0 Å². The molecule has 1 rings (SSSR count). The van der Waals surface area contributed by atoms with Crippen LogP contribution < -0.4 is 0 Å². The molecular formula is C23H39NO8. The zero-order chi connectivity index (χ0) is 24.9. The van der Waals surface area contributed by atoms with Gasteiger partial charge in [0.05, 0.1) is 24.9 Å². The number of carbonyl (C=O) groups excluding carboxylic acids is 3. The molecule has 1 aliphatic rings. The number of esters is 1. The van der Waals surface area contributed by atoms with Gasteiger partial charge in [0.15, 0.2) is 6.04 Å². The molecule has 1 heterocycles. The molecule has 0 saturated carbocycles. The third-order valence-corrected chi connectivity index (χ3v) is 4.22. The molecule has 184 valence electrons. The molecule has 2 amide bonds. The Labute approximate surface area is 191 Å². The van der Waals surface area contributed by atoms with Crippen molar-refractivity contribution in [1.82, 2.24) is 4.90 Å². The Kier molecular flexibility index (Phi) is 9.29. The number of rotatable bonds is 4. The van der Waals surface area contributed by atoms with Gasteiger partial charge in [-0.2, -0.15) is 4.90 Å². The number of carbonyl (C=O) groups is 3. The lowest BCUT2D eigenvalue weighted by Gasteiger charge is -2.32. The first-order valence-electron chi connectivity index (χ1n) is 10.8. The lowest BCUT2D eigenvalue weighted by atomic mass is 10.1. The third kappa shape index (κ3) is 9.56. The van der Waals surface area contributed by atoms with Crippen LogP contribution in [0.4, 0.5) is 9.59 Å². The van der Waals surface area contributed by atoms with E-state index in [1.807, 2.05) is 13.8 Å². The van der Waals surface area contributed by atoms with Gasteiger partial charge >= 0.3 is 18.2 Å². The van der Waals surface area contributed by atoms with E-state index in [1.54, 1.807) is 54.5 Å². The molecule has 0 aromatic carbocycles. The van der Waals surface area contributed by atoms with Crippen LogP contribution >= 0.6 is 0 Å². The number of hydrogen-bond acceptors (Lipinski definition) is 8. The Hall–Kier alpha value is -2.13. The lowest BCUT2D eigenvalue weighted by molar-refractivity contribution is -0.156. The average Bonchev–Trinajstić information content (AvgIpc) is 2.62. The number of ether oxygens (including phenoxy) is 5. The molecule has 32 heavy (non-hydrogen) atoms. The summed E-state index contributed by atoms with van der Waals surface area (Å²) in [4.78, 5) is 39.4. The van der Waals surface area contributed by atoms with E-state index < -0.39 is 47.1 Å². The predicted octanol–water partition coefficient (Wildman–Crippen LogP) is 4.23. The number of hydrogen-bond donors (Lipinski definition) is 0. The zero-order valence-electron chi connectivity index (χ0n) is 20.9. The van der Waals surface area contributed by atoms with Gasteiger partial charge in [0.25, 0.3) is 0 Å². The summed E-state index contributed by atoms with van der Waals surface area (Å²) in [6.07, 6.45) is -0.937. The molecule has 0 spiro atoms. The van der Waals surface area contributed by atoms with Gasteiger partial charge in [0, 0.05) is 6.42 Å². The normalized spacial score (nSPS) is 23.2. The summed E-state index contributed by atoms with van der Waals surface area (Å²) < 4.78 is 28.0. The minimum Gasteiger partial charge on any atom is -0.461 e. The summed E-state index contributed by atoms with van der Waals surface area (Å²) in [5, 5.41) is 0. The Balaban J connectivity index is 3.19. The first-order chi connectivity index (χ1) is 14.4. The molecule has 1 fully saturated rings. The quantitative estimate of drug-likeness (QED) is 0.351. The summed E-state index contributed by atoms with van der Waals surface area (Å²) in [6, 6.07) is -1.38. The molecule has 0 aromatic rings. The van der Waals surface area contributed by atoms with E-state index >= 15 is 0 Å². The Morgan fingerprint density at radius 2 is 1.50 bits per heavy atom. The first-order valence-corrected chi connectivity index (χ1v) is 10.8. The Bertz CT molecular complexity index is 661. The molecule has 0 radical (unpaired) electrons. The molecule has 9 heteroatoms. The molecule has 0 aromatic heterocycles. The Morgan fingerprint density at radius 3 is 1.94 bits per heavy atom. The summed E-state index contributed by atoms with van der Waals surface area (Å²) >= 11 is 0. The van der Waals surface area contributed by atoms with E-state index in [1.165, 1.54) is 0 Å². The standard InChI is InChI=1S/C23H39NO8/c1-11-23(9,10)30-16-12-15(2)29-18(25)17(14-28-13-16)24(19(26)31-21(3,4)5)20(27)32-22(6,7)8/h11,15-17H,1,12-14H2,2-10H3/t15?,16?,17-/m0/s1. The lowest BCUT2D eigenvalue weighted by Crippen LogP contribution is -2.54. The first kappa shape index (κ1) is 27.9. The summed E-state index contributed by atoms with van der Waals surface area (Å²) in [5.74, 6) is -0.794. The molecule has 0 aliphatic carbocycles. The summed E-state index contributed by atoms with van der Waals surface area (Å²) in [6.45, 7) is 19.0. The minimum atomic E-state index is -1.38. The van der Waals surface area contributed by atoms with E-state index in [-0.39, 0.29) is 19.3 Å². The minimum absolute atomic E-state index is 0.130. The van der Waals surface area contributed by atoms with Crippen molar-refractivity contribution < 1.29 is 38.1 Å². The SMILES string of the molecule is C=CC(C)(C)OC1COC[C@H](N(C(=O)OC(C)(C)C)C(=O)OC(C)(C)C)C(=O)OC(C)C1. The van der Waals surface area contributed by atoms with Crippen LogP contribution in [0.1, 0.15) is 68.7 Å². The average molecular weight is 458 g/mol. The highest BCUT2D eigenvalue weighted by Gasteiger charge is 2.42. The highest BCUT2D eigenvalue weighted by atomic mass is 16.6. The van der Waals surface area contributed by atoms with Crippen LogP contribution in [0, 0.1) is 0 Å². The van der Waals surface area contributed by atoms with Gasteiger partial charge in [0.1, 0.15) is 17.3 Å². The van der Waals surface area contributed by atoms with E-state index in [9.17, 15) is 14.4 Å². The maximum atomic E-state index is 12.9. The monoisotopic (exact) mass is 457 g/mol. The second-order valence-corrected chi connectivity index (χ2v) is 10.4.